The molecule has 1 fully saturated rings. The lowest BCUT2D eigenvalue weighted by atomic mass is 10.2. The van der Waals surface area contributed by atoms with Crippen molar-refractivity contribution in [3.8, 4) is 11.5 Å². The number of methoxy groups -OCH3 is 2. The van der Waals surface area contributed by atoms with Gasteiger partial charge < -0.3 is 14.4 Å². The Morgan fingerprint density at radius 1 is 1.21 bits per heavy atom. The first-order valence-electron chi connectivity index (χ1n) is 6.05. The molecule has 0 atom stereocenters. The number of rotatable bonds is 5. The van der Waals surface area contributed by atoms with Crippen LogP contribution in [-0.4, -0.2) is 50.1 Å². The van der Waals surface area contributed by atoms with Crippen LogP contribution in [0.2, 0.25) is 0 Å². The minimum Gasteiger partial charge on any atom is -0.493 e. The molecular weight excluding hydrogens is 312 g/mol. The molecule has 0 bridgehead atoms. The molecule has 1 aromatic carbocycles. The number of benzene rings is 1. The Morgan fingerprint density at radius 2 is 1.95 bits per heavy atom. The molecule has 1 saturated heterocycles. The van der Waals surface area contributed by atoms with Gasteiger partial charge in [0.05, 0.1) is 14.2 Å². The van der Waals surface area contributed by atoms with E-state index in [9.17, 15) is 4.79 Å². The van der Waals surface area contributed by atoms with Crippen LogP contribution in [0.15, 0.2) is 18.2 Å². The summed E-state index contributed by atoms with van der Waals surface area (Å²) in [4.78, 5) is 15.8. The lowest BCUT2D eigenvalue weighted by molar-refractivity contribution is 0.223. The largest absolute Gasteiger partial charge is 0.493 e. The average Bonchev–Trinajstić information content (AvgIpc) is 2.80. The van der Waals surface area contributed by atoms with Crippen LogP contribution in [0.1, 0.15) is 0 Å². The summed E-state index contributed by atoms with van der Waals surface area (Å²) in [5.74, 6) is 1.29. The second-order valence-corrected chi connectivity index (χ2v) is 4.94. The first-order valence-corrected chi connectivity index (χ1v) is 7.18. The quantitative estimate of drug-likeness (QED) is 0.779. The summed E-state index contributed by atoms with van der Waals surface area (Å²) in [7, 11) is 3.18. The molecule has 1 heterocycles. The van der Waals surface area contributed by atoms with E-state index in [0.29, 0.717) is 18.0 Å². The second-order valence-electron chi connectivity index (χ2n) is 4.15. The fourth-order valence-electron chi connectivity index (χ4n) is 2.12. The fraction of sp³-hybridized carbons (Fsp3) is 0.462. The Labute approximate surface area is 121 Å². The molecule has 0 aromatic heterocycles. The third kappa shape index (κ3) is 2.78. The van der Waals surface area contributed by atoms with Gasteiger partial charge in [-0.15, -0.1) is 0 Å². The molecule has 1 aliphatic heterocycles. The number of urea groups is 1. The van der Waals surface area contributed by atoms with Crippen LogP contribution in [0.25, 0.3) is 0 Å². The van der Waals surface area contributed by atoms with Crippen LogP contribution in [0.5, 0.6) is 11.5 Å². The Kier molecular flexibility index (Phi) is 4.52. The van der Waals surface area contributed by atoms with Gasteiger partial charge in [-0.1, -0.05) is 15.9 Å². The van der Waals surface area contributed by atoms with Gasteiger partial charge in [0, 0.05) is 36.7 Å². The molecule has 0 aliphatic carbocycles. The van der Waals surface area contributed by atoms with Gasteiger partial charge >= 0.3 is 6.03 Å². The van der Waals surface area contributed by atoms with Crippen LogP contribution in [0, 0.1) is 0 Å². The zero-order valence-corrected chi connectivity index (χ0v) is 12.6. The molecule has 5 nitrogen and oxygen atoms in total. The second kappa shape index (κ2) is 6.14. The fourth-order valence-corrected chi connectivity index (χ4v) is 2.55. The van der Waals surface area contributed by atoms with E-state index >= 15 is 0 Å². The van der Waals surface area contributed by atoms with Crippen LogP contribution < -0.4 is 14.4 Å². The van der Waals surface area contributed by atoms with E-state index < -0.39 is 0 Å². The minimum absolute atomic E-state index is 0.0340. The number of anilines is 1. The molecule has 104 valence electrons. The van der Waals surface area contributed by atoms with E-state index in [4.69, 9.17) is 9.47 Å². The van der Waals surface area contributed by atoms with Gasteiger partial charge in [0.15, 0.2) is 11.5 Å². The SMILES string of the molecule is COc1ccc(N2CCN(CCBr)C2=O)cc1OC. The smallest absolute Gasteiger partial charge is 0.324 e. The summed E-state index contributed by atoms with van der Waals surface area (Å²) in [5, 5.41) is 0.790. The highest BCUT2D eigenvalue weighted by atomic mass is 79.9. The number of hydrogen-bond acceptors (Lipinski definition) is 3. The zero-order chi connectivity index (χ0) is 13.8. The number of alkyl halides is 1. The van der Waals surface area contributed by atoms with Crippen molar-refractivity contribution in [2.45, 2.75) is 0 Å². The minimum atomic E-state index is 0.0340. The number of amides is 2. The highest BCUT2D eigenvalue weighted by Gasteiger charge is 2.29. The molecule has 2 amide bonds. The van der Waals surface area contributed by atoms with Crippen molar-refractivity contribution in [3.05, 3.63) is 18.2 Å². The van der Waals surface area contributed by atoms with Gasteiger partial charge in [0.1, 0.15) is 0 Å². The number of ether oxygens (including phenoxy) is 2. The van der Waals surface area contributed by atoms with Crippen LogP contribution >= 0.6 is 15.9 Å². The number of carbonyl (C=O) groups is 1. The average molecular weight is 329 g/mol. The summed E-state index contributed by atoms with van der Waals surface area (Å²) in [6.45, 7) is 2.17. The molecule has 0 spiro atoms. The Hall–Kier alpha value is -1.43. The number of halogens is 1. The van der Waals surface area contributed by atoms with Gasteiger partial charge in [-0.2, -0.15) is 0 Å². The molecule has 0 radical (unpaired) electrons. The van der Waals surface area contributed by atoms with Crippen molar-refractivity contribution >= 4 is 27.6 Å². The molecule has 19 heavy (non-hydrogen) atoms. The highest BCUT2D eigenvalue weighted by Crippen LogP contribution is 2.32. The first-order chi connectivity index (χ1) is 9.21. The number of carbonyl (C=O) groups excluding carboxylic acids is 1. The summed E-state index contributed by atoms with van der Waals surface area (Å²) in [5.41, 5.74) is 0.833. The third-order valence-corrected chi connectivity index (χ3v) is 3.48. The predicted octanol–water partition coefficient (Wildman–Crippen LogP) is 2.34. The first kappa shape index (κ1) is 14.0. The van der Waals surface area contributed by atoms with Gasteiger partial charge in [0.25, 0.3) is 0 Å². The molecule has 0 N–H and O–H groups in total. The Balaban J connectivity index is 2.21. The molecule has 0 unspecified atom stereocenters. The van der Waals surface area contributed by atoms with Gasteiger partial charge in [-0.05, 0) is 12.1 Å². The lowest BCUT2D eigenvalue weighted by Gasteiger charge is -2.19. The van der Waals surface area contributed by atoms with Gasteiger partial charge in [-0.3, -0.25) is 4.90 Å². The molecule has 0 saturated carbocycles. The van der Waals surface area contributed by atoms with Gasteiger partial charge in [-0.25, -0.2) is 4.79 Å². The molecule has 6 heteroatoms. The Morgan fingerprint density at radius 3 is 2.58 bits per heavy atom. The van der Waals surface area contributed by atoms with Crippen molar-refractivity contribution < 1.29 is 14.3 Å². The summed E-state index contributed by atoms with van der Waals surface area (Å²) >= 11 is 3.36. The zero-order valence-electron chi connectivity index (χ0n) is 11.1. The highest BCUT2D eigenvalue weighted by molar-refractivity contribution is 9.09. The number of hydrogen-bond donors (Lipinski definition) is 0. The maximum absolute atomic E-state index is 12.2. The lowest BCUT2D eigenvalue weighted by Crippen LogP contribution is -2.32. The third-order valence-electron chi connectivity index (χ3n) is 3.13. The van der Waals surface area contributed by atoms with Crippen molar-refractivity contribution in [2.75, 3.05) is 44.1 Å². The number of nitrogens with zero attached hydrogens (tertiary/aromatic N) is 2. The summed E-state index contributed by atoms with van der Waals surface area (Å²) < 4.78 is 10.5. The van der Waals surface area contributed by atoms with Crippen molar-refractivity contribution in [1.82, 2.24) is 4.90 Å². The monoisotopic (exact) mass is 328 g/mol. The standard InChI is InChI=1S/C13H17BrN2O3/c1-18-11-4-3-10(9-12(11)19-2)16-8-7-15(6-5-14)13(16)17/h3-4,9H,5-8H2,1-2H3. The normalized spacial score (nSPS) is 15.0. The molecule has 2 rings (SSSR count). The van der Waals surface area contributed by atoms with Crippen LogP contribution in [-0.2, 0) is 0 Å². The van der Waals surface area contributed by atoms with Crippen molar-refractivity contribution in [2.24, 2.45) is 0 Å². The van der Waals surface area contributed by atoms with E-state index in [-0.39, 0.29) is 6.03 Å². The van der Waals surface area contributed by atoms with E-state index in [1.54, 1.807) is 19.1 Å². The van der Waals surface area contributed by atoms with E-state index in [2.05, 4.69) is 15.9 Å². The van der Waals surface area contributed by atoms with E-state index in [0.717, 1.165) is 24.1 Å². The topological polar surface area (TPSA) is 42.0 Å². The Bertz CT molecular complexity index is 467. The van der Waals surface area contributed by atoms with Crippen LogP contribution in [0.3, 0.4) is 0 Å². The van der Waals surface area contributed by atoms with Crippen LogP contribution in [0.4, 0.5) is 10.5 Å². The van der Waals surface area contributed by atoms with Crippen molar-refractivity contribution in [3.63, 3.8) is 0 Å². The predicted molar refractivity (Wildman–Crippen MR) is 77.7 cm³/mol. The maximum atomic E-state index is 12.2. The molecule has 1 aliphatic rings. The van der Waals surface area contributed by atoms with E-state index in [1.807, 2.05) is 23.1 Å². The van der Waals surface area contributed by atoms with Gasteiger partial charge in [0.2, 0.25) is 0 Å². The summed E-state index contributed by atoms with van der Waals surface area (Å²) in [6, 6.07) is 5.55. The van der Waals surface area contributed by atoms with E-state index in [1.165, 1.54) is 0 Å². The molecular formula is C13H17BrN2O3. The molecule has 1 aromatic rings. The maximum Gasteiger partial charge on any atom is 0.324 e. The summed E-state index contributed by atoms with van der Waals surface area (Å²) in [6.07, 6.45) is 0. The van der Waals surface area contributed by atoms with Crippen molar-refractivity contribution in [1.29, 1.82) is 0 Å².